The van der Waals surface area contributed by atoms with Crippen molar-refractivity contribution >= 4 is 22.8 Å². The fourth-order valence-corrected chi connectivity index (χ4v) is 4.67. The average molecular weight is 471 g/mol. The molecule has 1 aromatic carbocycles. The highest BCUT2D eigenvalue weighted by molar-refractivity contribution is 5.90. The summed E-state index contributed by atoms with van der Waals surface area (Å²) in [6.45, 7) is 7.42. The topological polar surface area (TPSA) is 121 Å². The van der Waals surface area contributed by atoms with E-state index < -0.39 is 18.0 Å². The number of aryl methyl sites for hydroxylation is 3. The highest BCUT2D eigenvalue weighted by Crippen LogP contribution is 2.34. The Morgan fingerprint density at radius 2 is 1.91 bits per heavy atom. The molecule has 2 N–H and O–H groups in total. The molecule has 0 unspecified atom stereocenters. The highest BCUT2D eigenvalue weighted by atomic mass is 16.5. The molecule has 34 heavy (non-hydrogen) atoms. The summed E-state index contributed by atoms with van der Waals surface area (Å²) < 4.78 is 12.5. The minimum atomic E-state index is -0.931. The Morgan fingerprint density at radius 1 is 1.18 bits per heavy atom. The molecule has 1 fully saturated rings. The SMILES string of the molecule is COc1ccc2c(c1)c([C@@H](C(=O)O)N1CCN(Cc3c(C)noc3C)CC1)cn2CCC(=O)O. The van der Waals surface area contributed by atoms with Gasteiger partial charge in [0.05, 0.1) is 19.2 Å². The molecule has 0 aliphatic carbocycles. The van der Waals surface area contributed by atoms with Crippen LogP contribution in [0.5, 0.6) is 5.75 Å². The van der Waals surface area contributed by atoms with Gasteiger partial charge in [-0.2, -0.15) is 0 Å². The van der Waals surface area contributed by atoms with Crippen molar-refractivity contribution in [2.24, 2.45) is 0 Å². The summed E-state index contributed by atoms with van der Waals surface area (Å²) in [6.07, 6.45) is 1.73. The number of carbonyl (C=O) groups is 2. The molecule has 10 heteroatoms. The van der Waals surface area contributed by atoms with Crippen molar-refractivity contribution in [2.75, 3.05) is 33.3 Å². The maximum Gasteiger partial charge on any atom is 0.325 e. The molecule has 3 heterocycles. The Labute approximate surface area is 197 Å². The lowest BCUT2D eigenvalue weighted by atomic mass is 10.0. The zero-order valence-electron chi connectivity index (χ0n) is 19.7. The van der Waals surface area contributed by atoms with Crippen LogP contribution in [0.2, 0.25) is 0 Å². The van der Waals surface area contributed by atoms with Crippen LogP contribution < -0.4 is 4.74 Å². The van der Waals surface area contributed by atoms with E-state index in [-0.39, 0.29) is 13.0 Å². The van der Waals surface area contributed by atoms with E-state index >= 15 is 0 Å². The Kier molecular flexibility index (Phi) is 6.90. The first-order valence-electron chi connectivity index (χ1n) is 11.3. The molecule has 0 saturated carbocycles. The Morgan fingerprint density at radius 3 is 2.50 bits per heavy atom. The van der Waals surface area contributed by atoms with Gasteiger partial charge in [-0.3, -0.25) is 19.4 Å². The number of nitrogens with zero attached hydrogens (tertiary/aromatic N) is 4. The highest BCUT2D eigenvalue weighted by Gasteiger charge is 2.33. The number of carboxylic acid groups (broad SMARTS) is 2. The maximum absolute atomic E-state index is 12.5. The summed E-state index contributed by atoms with van der Waals surface area (Å²) in [5.74, 6) is -0.398. The van der Waals surface area contributed by atoms with E-state index in [4.69, 9.17) is 14.4 Å². The van der Waals surface area contributed by atoms with E-state index in [1.54, 1.807) is 19.4 Å². The Bertz CT molecular complexity index is 1170. The fraction of sp³-hybridized carbons (Fsp3) is 0.458. The number of methoxy groups -OCH3 is 1. The van der Waals surface area contributed by atoms with Crippen LogP contribution in [-0.4, -0.2) is 75.0 Å². The molecule has 2 aromatic heterocycles. The molecule has 0 spiro atoms. The number of hydrogen-bond donors (Lipinski definition) is 2. The number of rotatable bonds is 9. The smallest absolute Gasteiger partial charge is 0.325 e. The third-order valence-corrected chi connectivity index (χ3v) is 6.55. The van der Waals surface area contributed by atoms with E-state index in [0.29, 0.717) is 24.4 Å². The van der Waals surface area contributed by atoms with Crippen LogP contribution in [0.15, 0.2) is 28.9 Å². The van der Waals surface area contributed by atoms with Gasteiger partial charge in [0, 0.05) is 67.5 Å². The first-order valence-corrected chi connectivity index (χ1v) is 11.3. The van der Waals surface area contributed by atoms with Crippen molar-refractivity contribution in [1.29, 1.82) is 0 Å². The van der Waals surface area contributed by atoms with Gasteiger partial charge in [0.25, 0.3) is 0 Å². The number of aliphatic carboxylic acids is 2. The van der Waals surface area contributed by atoms with Gasteiger partial charge in [0.1, 0.15) is 17.6 Å². The zero-order valence-corrected chi connectivity index (χ0v) is 19.7. The second-order valence-corrected chi connectivity index (χ2v) is 8.66. The zero-order chi connectivity index (χ0) is 24.4. The first-order chi connectivity index (χ1) is 16.3. The summed E-state index contributed by atoms with van der Waals surface area (Å²) in [4.78, 5) is 27.9. The van der Waals surface area contributed by atoms with Crippen LogP contribution in [0.1, 0.15) is 35.0 Å². The van der Waals surface area contributed by atoms with Crippen molar-refractivity contribution in [3.05, 3.63) is 47.0 Å². The van der Waals surface area contributed by atoms with Crippen molar-refractivity contribution < 1.29 is 29.1 Å². The summed E-state index contributed by atoms with van der Waals surface area (Å²) in [6, 6.07) is 4.62. The van der Waals surface area contributed by atoms with Crippen LogP contribution in [0, 0.1) is 13.8 Å². The van der Waals surface area contributed by atoms with Gasteiger partial charge in [-0.05, 0) is 32.0 Å². The lowest BCUT2D eigenvalue weighted by Gasteiger charge is -2.37. The Balaban J connectivity index is 1.59. The molecule has 3 aromatic rings. The number of hydrogen-bond acceptors (Lipinski definition) is 7. The van der Waals surface area contributed by atoms with Gasteiger partial charge in [-0.15, -0.1) is 0 Å². The van der Waals surface area contributed by atoms with E-state index in [1.807, 2.05) is 35.4 Å². The molecule has 182 valence electrons. The number of fused-ring (bicyclic) bond motifs is 1. The predicted octanol–water partition coefficient (Wildman–Crippen LogP) is 2.67. The third kappa shape index (κ3) is 4.78. The third-order valence-electron chi connectivity index (χ3n) is 6.55. The fourth-order valence-electron chi connectivity index (χ4n) is 4.67. The molecule has 0 radical (unpaired) electrons. The molecular formula is C24H30N4O6. The summed E-state index contributed by atoms with van der Waals surface area (Å²) in [7, 11) is 1.56. The van der Waals surface area contributed by atoms with Gasteiger partial charge < -0.3 is 24.0 Å². The number of benzene rings is 1. The number of ether oxygens (including phenoxy) is 1. The van der Waals surface area contributed by atoms with Gasteiger partial charge in [-0.1, -0.05) is 5.16 Å². The normalized spacial score (nSPS) is 16.1. The van der Waals surface area contributed by atoms with Gasteiger partial charge >= 0.3 is 11.9 Å². The lowest BCUT2D eigenvalue weighted by Crippen LogP contribution is -2.48. The van der Waals surface area contributed by atoms with Crippen LogP contribution in [0.3, 0.4) is 0 Å². The molecule has 10 nitrogen and oxygen atoms in total. The lowest BCUT2D eigenvalue weighted by molar-refractivity contribution is -0.144. The van der Waals surface area contributed by atoms with Crippen molar-refractivity contribution in [2.45, 2.75) is 39.4 Å². The Hall–Kier alpha value is -3.37. The summed E-state index contributed by atoms with van der Waals surface area (Å²) >= 11 is 0. The molecule has 1 atom stereocenters. The standard InChI is InChI=1S/C24H30N4O6/c1-15-19(16(2)34-25-15)13-26-8-10-27(11-9-26)23(24(31)32)20-14-28(7-6-22(29)30)21-5-4-17(33-3)12-18(20)21/h4-5,12,14,23H,6-11,13H2,1-3H3,(H,29,30)(H,31,32)/t23-/m0/s1. The monoisotopic (exact) mass is 470 g/mol. The van der Waals surface area contributed by atoms with Gasteiger partial charge in [-0.25, -0.2) is 0 Å². The molecule has 0 amide bonds. The quantitative estimate of drug-likeness (QED) is 0.486. The van der Waals surface area contributed by atoms with Crippen LogP contribution >= 0.6 is 0 Å². The number of piperazine rings is 1. The minimum absolute atomic E-state index is 0.0483. The van der Waals surface area contributed by atoms with Crippen molar-refractivity contribution in [1.82, 2.24) is 19.5 Å². The molecule has 1 aliphatic rings. The van der Waals surface area contributed by atoms with E-state index in [1.165, 1.54) is 0 Å². The van der Waals surface area contributed by atoms with E-state index in [0.717, 1.165) is 47.6 Å². The minimum Gasteiger partial charge on any atom is -0.497 e. The van der Waals surface area contributed by atoms with Gasteiger partial charge in [0.15, 0.2) is 0 Å². The van der Waals surface area contributed by atoms with E-state index in [2.05, 4.69) is 10.1 Å². The van der Waals surface area contributed by atoms with Crippen molar-refractivity contribution in [3.8, 4) is 5.75 Å². The average Bonchev–Trinajstić information content (AvgIpc) is 3.33. The maximum atomic E-state index is 12.5. The predicted molar refractivity (Wildman–Crippen MR) is 124 cm³/mol. The first kappa shape index (κ1) is 23.8. The van der Waals surface area contributed by atoms with Crippen LogP contribution in [0.25, 0.3) is 10.9 Å². The molecule has 0 bridgehead atoms. The van der Waals surface area contributed by atoms with Crippen molar-refractivity contribution in [3.63, 3.8) is 0 Å². The number of aromatic nitrogens is 2. The molecular weight excluding hydrogens is 440 g/mol. The second kappa shape index (κ2) is 9.86. The molecule has 4 rings (SSSR count). The largest absolute Gasteiger partial charge is 0.497 e. The number of carboxylic acids is 2. The van der Waals surface area contributed by atoms with Crippen LogP contribution in [0.4, 0.5) is 0 Å². The summed E-state index contributed by atoms with van der Waals surface area (Å²) in [5.41, 5.74) is 3.40. The molecule has 1 aliphatic heterocycles. The van der Waals surface area contributed by atoms with Gasteiger partial charge in [0.2, 0.25) is 0 Å². The summed E-state index contributed by atoms with van der Waals surface area (Å²) in [5, 5.41) is 24.1. The van der Waals surface area contributed by atoms with E-state index in [9.17, 15) is 14.7 Å². The second-order valence-electron chi connectivity index (χ2n) is 8.66. The van der Waals surface area contributed by atoms with Crippen LogP contribution in [-0.2, 0) is 22.7 Å². The molecule has 1 saturated heterocycles.